The van der Waals surface area contributed by atoms with E-state index in [0.717, 1.165) is 25.8 Å². The molecule has 0 N–H and O–H groups in total. The summed E-state index contributed by atoms with van der Waals surface area (Å²) < 4.78 is 5.85. The lowest BCUT2D eigenvalue weighted by atomic mass is 9.91. The van der Waals surface area contributed by atoms with Crippen LogP contribution >= 0.6 is 0 Å². The van der Waals surface area contributed by atoms with Crippen molar-refractivity contribution in [1.82, 2.24) is 15.1 Å². The molecular weight excluding hydrogens is 278 g/mol. The molecule has 0 bridgehead atoms. The zero-order valence-electron chi connectivity index (χ0n) is 14.8. The van der Waals surface area contributed by atoms with E-state index in [9.17, 15) is 4.79 Å². The fourth-order valence-corrected chi connectivity index (χ4v) is 2.79. The van der Waals surface area contributed by atoms with Gasteiger partial charge in [-0.1, -0.05) is 41.5 Å². The van der Waals surface area contributed by atoms with E-state index >= 15 is 0 Å². The summed E-state index contributed by atoms with van der Waals surface area (Å²) in [4.78, 5) is 14.4. The molecule has 124 valence electrons. The summed E-state index contributed by atoms with van der Waals surface area (Å²) in [5.74, 6) is 1.75. The number of hydrogen-bond acceptors (Lipinski definition) is 4. The minimum Gasteiger partial charge on any atom is -0.425 e. The first kappa shape index (κ1) is 17.0. The highest BCUT2D eigenvalue weighted by molar-refractivity contribution is 5.81. The third kappa shape index (κ3) is 4.31. The second-order valence-electron chi connectivity index (χ2n) is 8.61. The van der Waals surface area contributed by atoms with Crippen molar-refractivity contribution < 1.29 is 9.21 Å². The molecule has 2 heterocycles. The van der Waals surface area contributed by atoms with Gasteiger partial charge in [-0.2, -0.15) is 0 Å². The maximum absolute atomic E-state index is 12.4. The van der Waals surface area contributed by atoms with Gasteiger partial charge in [-0.05, 0) is 18.3 Å². The van der Waals surface area contributed by atoms with Crippen LogP contribution in [0.4, 0.5) is 0 Å². The number of amides is 1. The quantitative estimate of drug-likeness (QED) is 0.840. The molecule has 1 atom stereocenters. The van der Waals surface area contributed by atoms with Gasteiger partial charge in [0.25, 0.3) is 0 Å². The second kappa shape index (κ2) is 6.01. The number of hydrogen-bond donors (Lipinski definition) is 0. The molecule has 0 saturated carbocycles. The van der Waals surface area contributed by atoms with Crippen LogP contribution in [0.2, 0.25) is 0 Å². The van der Waals surface area contributed by atoms with Crippen molar-refractivity contribution in [1.29, 1.82) is 0 Å². The van der Waals surface area contributed by atoms with Crippen molar-refractivity contribution in [3.8, 4) is 0 Å². The van der Waals surface area contributed by atoms with Crippen LogP contribution in [0.5, 0.6) is 0 Å². The second-order valence-corrected chi connectivity index (χ2v) is 8.61. The van der Waals surface area contributed by atoms with Gasteiger partial charge in [-0.15, -0.1) is 10.2 Å². The van der Waals surface area contributed by atoms with Crippen LogP contribution in [0.15, 0.2) is 4.42 Å². The van der Waals surface area contributed by atoms with Crippen molar-refractivity contribution in [3.63, 3.8) is 0 Å². The van der Waals surface area contributed by atoms with Gasteiger partial charge < -0.3 is 9.32 Å². The Morgan fingerprint density at radius 2 is 1.91 bits per heavy atom. The lowest BCUT2D eigenvalue weighted by molar-refractivity contribution is -0.140. The first-order valence-electron chi connectivity index (χ1n) is 8.18. The molecular formula is C17H29N3O2. The summed E-state index contributed by atoms with van der Waals surface area (Å²) in [6.45, 7) is 13.9. The molecule has 1 amide bonds. The average Bonchev–Trinajstić information content (AvgIpc) is 2.83. The zero-order chi connectivity index (χ0) is 16.5. The Balaban J connectivity index is 2.05. The number of carbonyl (C=O) groups is 1. The molecule has 1 aliphatic rings. The summed E-state index contributed by atoms with van der Waals surface area (Å²) >= 11 is 0. The molecule has 0 spiro atoms. The molecule has 1 aliphatic heterocycles. The Morgan fingerprint density at radius 3 is 2.50 bits per heavy atom. The Morgan fingerprint density at radius 1 is 1.23 bits per heavy atom. The molecule has 2 rings (SSSR count). The predicted octanol–water partition coefficient (Wildman–Crippen LogP) is 3.41. The van der Waals surface area contributed by atoms with Gasteiger partial charge in [0.15, 0.2) is 0 Å². The molecule has 0 radical (unpaired) electrons. The van der Waals surface area contributed by atoms with E-state index in [1.165, 1.54) is 0 Å². The van der Waals surface area contributed by atoms with Crippen molar-refractivity contribution >= 4 is 5.91 Å². The van der Waals surface area contributed by atoms with Crippen molar-refractivity contribution in [2.75, 3.05) is 13.1 Å². The minimum absolute atomic E-state index is 0.130. The van der Waals surface area contributed by atoms with Crippen molar-refractivity contribution in [3.05, 3.63) is 11.8 Å². The van der Waals surface area contributed by atoms with Gasteiger partial charge in [-0.3, -0.25) is 4.79 Å². The van der Waals surface area contributed by atoms with Crippen LogP contribution < -0.4 is 0 Å². The molecule has 1 aromatic rings. The largest absolute Gasteiger partial charge is 0.425 e. The standard InChI is InChI=1S/C17H29N3O2/c1-16(2,3)10-13-18-19-14(22-13)12-8-7-9-20(11-12)15(21)17(4,5)6/h12H,7-11H2,1-6H3. The van der Waals surface area contributed by atoms with Gasteiger partial charge in [0, 0.05) is 24.9 Å². The molecule has 22 heavy (non-hydrogen) atoms. The van der Waals surface area contributed by atoms with E-state index in [4.69, 9.17) is 4.42 Å². The van der Waals surface area contributed by atoms with Gasteiger partial charge >= 0.3 is 0 Å². The van der Waals surface area contributed by atoms with Crippen LogP contribution in [-0.2, 0) is 11.2 Å². The summed E-state index contributed by atoms with van der Waals surface area (Å²) in [6.07, 6.45) is 2.77. The topological polar surface area (TPSA) is 59.2 Å². The van der Waals surface area contributed by atoms with Gasteiger partial charge in [0.2, 0.25) is 17.7 Å². The number of piperidine rings is 1. The fourth-order valence-electron chi connectivity index (χ4n) is 2.79. The van der Waals surface area contributed by atoms with E-state index in [1.54, 1.807) is 0 Å². The average molecular weight is 307 g/mol. The summed E-state index contributed by atoms with van der Waals surface area (Å²) in [5, 5.41) is 8.40. The molecule has 5 nitrogen and oxygen atoms in total. The van der Waals surface area contributed by atoms with E-state index in [-0.39, 0.29) is 22.7 Å². The van der Waals surface area contributed by atoms with E-state index in [0.29, 0.717) is 18.3 Å². The zero-order valence-corrected chi connectivity index (χ0v) is 14.8. The summed E-state index contributed by atoms with van der Waals surface area (Å²) in [6, 6.07) is 0. The Labute approximate surface area is 133 Å². The molecule has 1 unspecified atom stereocenters. The normalized spacial score (nSPS) is 20.3. The Bertz CT molecular complexity index is 523. The maximum Gasteiger partial charge on any atom is 0.227 e. The number of likely N-dealkylation sites (tertiary alicyclic amines) is 1. The van der Waals surface area contributed by atoms with E-state index < -0.39 is 0 Å². The number of nitrogens with zero attached hydrogens (tertiary/aromatic N) is 3. The molecule has 1 aromatic heterocycles. The van der Waals surface area contributed by atoms with Crippen LogP contribution in [0, 0.1) is 10.8 Å². The number of aromatic nitrogens is 2. The number of carbonyl (C=O) groups excluding carboxylic acids is 1. The highest BCUT2D eigenvalue weighted by atomic mass is 16.4. The van der Waals surface area contributed by atoms with Gasteiger partial charge in [0.05, 0.1) is 5.92 Å². The molecule has 0 aliphatic carbocycles. The maximum atomic E-state index is 12.4. The third-order valence-corrected chi connectivity index (χ3v) is 3.86. The lowest BCUT2D eigenvalue weighted by Gasteiger charge is -2.35. The van der Waals surface area contributed by atoms with Gasteiger partial charge in [-0.25, -0.2) is 0 Å². The van der Waals surface area contributed by atoms with Gasteiger partial charge in [0.1, 0.15) is 0 Å². The smallest absolute Gasteiger partial charge is 0.227 e. The van der Waals surface area contributed by atoms with Crippen LogP contribution in [0.1, 0.15) is 72.1 Å². The highest BCUT2D eigenvalue weighted by Crippen LogP contribution is 2.30. The molecule has 5 heteroatoms. The van der Waals surface area contributed by atoms with Crippen LogP contribution in [-0.4, -0.2) is 34.1 Å². The predicted molar refractivity (Wildman–Crippen MR) is 85.5 cm³/mol. The highest BCUT2D eigenvalue weighted by Gasteiger charge is 2.33. The SMILES string of the molecule is CC(C)(C)Cc1nnc(C2CCCN(C(=O)C(C)(C)C)C2)o1. The lowest BCUT2D eigenvalue weighted by Crippen LogP contribution is -2.44. The molecule has 1 saturated heterocycles. The molecule has 0 aromatic carbocycles. The van der Waals surface area contributed by atoms with E-state index in [2.05, 4.69) is 31.0 Å². The third-order valence-electron chi connectivity index (χ3n) is 3.86. The van der Waals surface area contributed by atoms with E-state index in [1.807, 2.05) is 25.7 Å². The fraction of sp³-hybridized carbons (Fsp3) is 0.824. The summed E-state index contributed by atoms with van der Waals surface area (Å²) in [5.41, 5.74) is -0.210. The van der Waals surface area contributed by atoms with Crippen molar-refractivity contribution in [2.24, 2.45) is 10.8 Å². The first-order valence-corrected chi connectivity index (χ1v) is 8.18. The molecule has 1 fully saturated rings. The monoisotopic (exact) mass is 307 g/mol. The minimum atomic E-state index is -0.339. The van der Waals surface area contributed by atoms with Crippen molar-refractivity contribution in [2.45, 2.75) is 66.7 Å². The van der Waals surface area contributed by atoms with Crippen LogP contribution in [0.25, 0.3) is 0 Å². The Kier molecular flexibility index (Phi) is 4.64. The first-order chi connectivity index (χ1) is 10.1. The number of rotatable bonds is 2. The van der Waals surface area contributed by atoms with Crippen LogP contribution in [0.3, 0.4) is 0 Å². The Hall–Kier alpha value is -1.39. The summed E-state index contributed by atoms with van der Waals surface area (Å²) in [7, 11) is 0.